The summed E-state index contributed by atoms with van der Waals surface area (Å²) >= 11 is 1.82. The molecule has 4 aromatic rings. The van der Waals surface area contributed by atoms with Crippen molar-refractivity contribution in [3.63, 3.8) is 0 Å². The van der Waals surface area contributed by atoms with E-state index in [1.165, 1.54) is 45.6 Å². The zero-order valence-electron chi connectivity index (χ0n) is 18.2. The van der Waals surface area contributed by atoms with Gasteiger partial charge in [0, 0.05) is 11.4 Å². The Bertz CT molecular complexity index is 1190. The van der Waals surface area contributed by atoms with Gasteiger partial charge in [0.1, 0.15) is 5.01 Å². The minimum Gasteiger partial charge on any atom is -0.334 e. The first kappa shape index (κ1) is 20.0. The highest BCUT2D eigenvalue weighted by atomic mass is 32.1. The lowest BCUT2D eigenvalue weighted by Crippen LogP contribution is -2.38. The number of anilines is 2. The molecule has 0 spiro atoms. The SMILES string of the molecule is CCCCC1C(=C(C)c2nc3ccccc3s2)Cc2ccccc2N1c1ccccc1. The van der Waals surface area contributed by atoms with Gasteiger partial charge in [-0.2, -0.15) is 0 Å². The Kier molecular flexibility index (Phi) is 5.61. The van der Waals surface area contributed by atoms with Gasteiger partial charge < -0.3 is 4.90 Å². The number of aromatic nitrogens is 1. The van der Waals surface area contributed by atoms with Crippen LogP contribution in [0, 0.1) is 0 Å². The van der Waals surface area contributed by atoms with Crippen molar-refractivity contribution in [2.24, 2.45) is 0 Å². The maximum atomic E-state index is 5.00. The number of nitrogens with zero attached hydrogens (tertiary/aromatic N) is 2. The smallest absolute Gasteiger partial charge is 0.120 e. The molecule has 1 atom stereocenters. The predicted molar refractivity (Wildman–Crippen MR) is 134 cm³/mol. The number of hydrogen-bond acceptors (Lipinski definition) is 3. The van der Waals surface area contributed by atoms with E-state index < -0.39 is 0 Å². The molecule has 0 bridgehead atoms. The van der Waals surface area contributed by atoms with Crippen molar-refractivity contribution in [1.82, 2.24) is 4.98 Å². The standard InChI is InChI=1S/C28H28N2S/c1-3-4-16-26-23(20(2)28-29-24-15-9-11-18-27(24)31-28)19-21-12-8-10-17-25(21)30(26)22-13-6-5-7-14-22/h5-15,17-18,26H,3-4,16,19H2,1-2H3. The fourth-order valence-corrected chi connectivity index (χ4v) is 5.70. The summed E-state index contributed by atoms with van der Waals surface area (Å²) in [7, 11) is 0. The summed E-state index contributed by atoms with van der Waals surface area (Å²) in [6, 6.07) is 28.6. The first-order valence-electron chi connectivity index (χ1n) is 11.2. The molecule has 0 fully saturated rings. The van der Waals surface area contributed by atoms with E-state index >= 15 is 0 Å². The third-order valence-electron chi connectivity index (χ3n) is 6.31. The van der Waals surface area contributed by atoms with Crippen molar-refractivity contribution < 1.29 is 0 Å². The van der Waals surface area contributed by atoms with Gasteiger partial charge in [0.25, 0.3) is 0 Å². The summed E-state index contributed by atoms with van der Waals surface area (Å²) in [4.78, 5) is 7.57. The van der Waals surface area contributed by atoms with Crippen molar-refractivity contribution in [1.29, 1.82) is 0 Å². The minimum atomic E-state index is 0.351. The first-order valence-corrected chi connectivity index (χ1v) is 12.1. The van der Waals surface area contributed by atoms with Gasteiger partial charge in [-0.05, 0) is 66.8 Å². The van der Waals surface area contributed by atoms with E-state index in [1.807, 2.05) is 11.3 Å². The largest absolute Gasteiger partial charge is 0.334 e. The van der Waals surface area contributed by atoms with Crippen LogP contribution in [0.2, 0.25) is 0 Å². The molecule has 0 N–H and O–H groups in total. The van der Waals surface area contributed by atoms with Crippen LogP contribution in [0.15, 0.2) is 84.4 Å². The van der Waals surface area contributed by atoms with Crippen LogP contribution in [-0.4, -0.2) is 11.0 Å². The van der Waals surface area contributed by atoms with E-state index in [-0.39, 0.29) is 0 Å². The fourth-order valence-electron chi connectivity index (χ4n) is 4.70. The third-order valence-corrected chi connectivity index (χ3v) is 7.46. The Hall–Kier alpha value is -2.91. The second kappa shape index (κ2) is 8.68. The van der Waals surface area contributed by atoms with Gasteiger partial charge in [-0.3, -0.25) is 0 Å². The van der Waals surface area contributed by atoms with Gasteiger partial charge in [0.15, 0.2) is 0 Å². The summed E-state index contributed by atoms with van der Waals surface area (Å²) in [6.07, 6.45) is 4.56. The molecule has 31 heavy (non-hydrogen) atoms. The Morgan fingerprint density at radius 3 is 2.52 bits per heavy atom. The zero-order valence-corrected chi connectivity index (χ0v) is 19.0. The number of rotatable bonds is 5. The number of hydrogen-bond donors (Lipinski definition) is 0. The van der Waals surface area contributed by atoms with Crippen molar-refractivity contribution in [3.8, 4) is 0 Å². The molecule has 1 aliphatic rings. The number of fused-ring (bicyclic) bond motifs is 2. The average Bonchev–Trinajstić information content (AvgIpc) is 3.26. The Morgan fingerprint density at radius 1 is 0.968 bits per heavy atom. The Labute approximate surface area is 188 Å². The van der Waals surface area contributed by atoms with E-state index in [2.05, 4.69) is 97.6 Å². The molecule has 0 saturated carbocycles. The highest BCUT2D eigenvalue weighted by molar-refractivity contribution is 7.19. The van der Waals surface area contributed by atoms with Crippen LogP contribution >= 0.6 is 11.3 Å². The molecule has 0 saturated heterocycles. The number of benzene rings is 3. The molecule has 156 valence electrons. The fraction of sp³-hybridized carbons (Fsp3) is 0.250. The lowest BCUT2D eigenvalue weighted by Gasteiger charge is -2.41. The highest BCUT2D eigenvalue weighted by Crippen LogP contribution is 2.43. The Balaban J connectivity index is 1.69. The minimum absolute atomic E-state index is 0.351. The van der Waals surface area contributed by atoms with Crippen molar-refractivity contribution in [3.05, 3.63) is 95.0 Å². The highest BCUT2D eigenvalue weighted by Gasteiger charge is 2.32. The number of unbranched alkanes of at least 4 members (excludes halogenated alkanes) is 1. The molecular formula is C28H28N2S. The van der Waals surface area contributed by atoms with Crippen LogP contribution in [0.4, 0.5) is 11.4 Å². The summed E-state index contributed by atoms with van der Waals surface area (Å²) < 4.78 is 1.26. The van der Waals surface area contributed by atoms with Crippen LogP contribution in [-0.2, 0) is 6.42 Å². The second-order valence-electron chi connectivity index (χ2n) is 8.31. The molecule has 2 heterocycles. The maximum Gasteiger partial charge on any atom is 0.120 e. The molecule has 0 amide bonds. The molecule has 0 radical (unpaired) electrons. The van der Waals surface area contributed by atoms with Gasteiger partial charge in [0.2, 0.25) is 0 Å². The molecule has 3 heteroatoms. The van der Waals surface area contributed by atoms with Crippen LogP contribution in [0.3, 0.4) is 0 Å². The van der Waals surface area contributed by atoms with Crippen LogP contribution in [0.1, 0.15) is 43.7 Å². The van der Waals surface area contributed by atoms with E-state index in [9.17, 15) is 0 Å². The van der Waals surface area contributed by atoms with Crippen LogP contribution < -0.4 is 4.90 Å². The predicted octanol–water partition coefficient (Wildman–Crippen LogP) is 8.02. The molecule has 1 aromatic heterocycles. The van der Waals surface area contributed by atoms with Crippen LogP contribution in [0.5, 0.6) is 0 Å². The quantitative estimate of drug-likeness (QED) is 0.322. The van der Waals surface area contributed by atoms with Gasteiger partial charge in [-0.1, -0.05) is 68.3 Å². The molecule has 1 aliphatic heterocycles. The van der Waals surface area contributed by atoms with E-state index in [0.717, 1.165) is 23.4 Å². The van der Waals surface area contributed by atoms with E-state index in [1.54, 1.807) is 0 Å². The lowest BCUT2D eigenvalue weighted by atomic mass is 9.85. The topological polar surface area (TPSA) is 16.1 Å². The molecular weight excluding hydrogens is 396 g/mol. The van der Waals surface area contributed by atoms with Gasteiger partial charge in [-0.15, -0.1) is 11.3 Å². The van der Waals surface area contributed by atoms with Crippen molar-refractivity contribution in [2.75, 3.05) is 4.90 Å². The van der Waals surface area contributed by atoms with Crippen molar-refractivity contribution in [2.45, 2.75) is 45.6 Å². The molecule has 0 aliphatic carbocycles. The second-order valence-corrected chi connectivity index (χ2v) is 9.34. The summed E-state index contributed by atoms with van der Waals surface area (Å²) in [6.45, 7) is 4.57. The molecule has 1 unspecified atom stereocenters. The summed E-state index contributed by atoms with van der Waals surface area (Å²) in [5, 5.41) is 1.16. The van der Waals surface area contributed by atoms with E-state index in [0.29, 0.717) is 6.04 Å². The third kappa shape index (κ3) is 3.79. The van der Waals surface area contributed by atoms with E-state index in [4.69, 9.17) is 4.98 Å². The summed E-state index contributed by atoms with van der Waals surface area (Å²) in [5.41, 5.74) is 7.96. The monoisotopic (exact) mass is 424 g/mol. The maximum absolute atomic E-state index is 5.00. The van der Waals surface area contributed by atoms with Gasteiger partial charge in [-0.25, -0.2) is 4.98 Å². The zero-order chi connectivity index (χ0) is 21.2. The average molecular weight is 425 g/mol. The first-order chi connectivity index (χ1) is 15.3. The molecule has 5 rings (SSSR count). The number of allylic oxidation sites excluding steroid dienone is 1. The molecule has 2 nitrogen and oxygen atoms in total. The van der Waals surface area contributed by atoms with Gasteiger partial charge in [0.05, 0.1) is 16.3 Å². The Morgan fingerprint density at radius 2 is 1.71 bits per heavy atom. The van der Waals surface area contributed by atoms with Crippen molar-refractivity contribution >= 4 is 38.5 Å². The normalized spacial score (nSPS) is 17.6. The van der Waals surface area contributed by atoms with Crippen LogP contribution in [0.25, 0.3) is 15.8 Å². The number of para-hydroxylation sites is 3. The number of thiazole rings is 1. The lowest BCUT2D eigenvalue weighted by molar-refractivity contribution is 0.599. The summed E-state index contributed by atoms with van der Waals surface area (Å²) in [5.74, 6) is 0. The van der Waals surface area contributed by atoms with Gasteiger partial charge >= 0.3 is 0 Å². The molecule has 3 aromatic carbocycles.